The van der Waals surface area contributed by atoms with Gasteiger partial charge in [-0.3, -0.25) is 9.59 Å². The largest absolute Gasteiger partial charge is 0.491 e. The second-order valence-corrected chi connectivity index (χ2v) is 6.74. The van der Waals surface area contributed by atoms with Crippen molar-refractivity contribution in [2.24, 2.45) is 5.92 Å². The van der Waals surface area contributed by atoms with E-state index < -0.39 is 0 Å². The summed E-state index contributed by atoms with van der Waals surface area (Å²) in [6.45, 7) is 5.64. The van der Waals surface area contributed by atoms with Gasteiger partial charge in [0.25, 0.3) is 5.91 Å². The van der Waals surface area contributed by atoms with Gasteiger partial charge >= 0.3 is 0 Å². The lowest BCUT2D eigenvalue weighted by atomic mass is 10.1. The molecule has 0 aromatic heterocycles. The molecule has 130 valence electrons. The van der Waals surface area contributed by atoms with Gasteiger partial charge < -0.3 is 19.3 Å². The minimum Gasteiger partial charge on any atom is -0.491 e. The molecule has 0 saturated carbocycles. The molecular weight excluding hydrogens is 308 g/mol. The molecule has 24 heavy (non-hydrogen) atoms. The van der Waals surface area contributed by atoms with E-state index in [1.165, 1.54) is 0 Å². The van der Waals surface area contributed by atoms with Gasteiger partial charge in [0.05, 0.1) is 31.3 Å². The fraction of sp³-hybridized carbons (Fsp3) is 0.556. The van der Waals surface area contributed by atoms with Crippen LogP contribution < -0.4 is 4.74 Å². The number of ether oxygens (including phenoxy) is 2. The number of likely N-dealkylation sites (N-methyl/N-ethyl adjacent to an activating group) is 1. The molecule has 0 N–H and O–H groups in total. The topological polar surface area (TPSA) is 59.1 Å². The van der Waals surface area contributed by atoms with Crippen molar-refractivity contribution in [2.45, 2.75) is 26.0 Å². The number of carbonyl (C=O) groups is 2. The predicted octanol–water partition coefficient (Wildman–Crippen LogP) is 1.40. The first kappa shape index (κ1) is 16.8. The van der Waals surface area contributed by atoms with Crippen molar-refractivity contribution in [1.29, 1.82) is 0 Å². The normalized spacial score (nSPS) is 24.1. The quantitative estimate of drug-likeness (QED) is 0.840. The number of nitrogens with zero attached hydrogens (tertiary/aromatic N) is 2. The Hall–Kier alpha value is -2.08. The molecule has 1 aromatic rings. The third-order valence-electron chi connectivity index (χ3n) is 4.49. The molecule has 3 rings (SSSR count). The highest BCUT2D eigenvalue weighted by Gasteiger charge is 2.38. The first-order valence-electron chi connectivity index (χ1n) is 8.36. The molecule has 2 saturated heterocycles. The second-order valence-electron chi connectivity index (χ2n) is 6.74. The van der Waals surface area contributed by atoms with Gasteiger partial charge in [0, 0.05) is 25.7 Å². The molecule has 6 nitrogen and oxygen atoms in total. The lowest BCUT2D eigenvalue weighted by Gasteiger charge is -2.29. The molecule has 6 heteroatoms. The molecule has 2 fully saturated rings. The van der Waals surface area contributed by atoms with Crippen molar-refractivity contribution in [3.8, 4) is 5.75 Å². The molecule has 0 unspecified atom stereocenters. The molecule has 0 spiro atoms. The zero-order valence-electron chi connectivity index (χ0n) is 14.4. The van der Waals surface area contributed by atoms with Crippen LogP contribution in [-0.2, 0) is 9.53 Å². The van der Waals surface area contributed by atoms with E-state index in [0.717, 1.165) is 0 Å². The summed E-state index contributed by atoms with van der Waals surface area (Å²) in [5.41, 5.74) is 0.587. The lowest BCUT2D eigenvalue weighted by molar-refractivity contribution is -0.133. The van der Waals surface area contributed by atoms with Crippen molar-refractivity contribution >= 4 is 11.8 Å². The van der Waals surface area contributed by atoms with Crippen LogP contribution in [0.4, 0.5) is 0 Å². The molecule has 0 aliphatic carbocycles. The standard InChI is InChI=1S/C18H24N2O4/c1-12(2)24-16-6-4-5-13(7-16)18(22)20-8-14-10-23-11-15(9-20)19(3)17(14)21/h4-7,12,14-15H,8-11H2,1-3H3/t14-,15+/m1/s1. The zero-order chi connectivity index (χ0) is 17.3. The molecular formula is C18H24N2O4. The van der Waals surface area contributed by atoms with Gasteiger partial charge in [-0.05, 0) is 32.0 Å². The van der Waals surface area contributed by atoms with Gasteiger partial charge in [-0.25, -0.2) is 0 Å². The Morgan fingerprint density at radius 1 is 1.29 bits per heavy atom. The van der Waals surface area contributed by atoms with Gasteiger partial charge in [-0.15, -0.1) is 0 Å². The number of hydrogen-bond donors (Lipinski definition) is 0. The Kier molecular flexibility index (Phi) is 4.76. The van der Waals surface area contributed by atoms with Crippen molar-refractivity contribution in [1.82, 2.24) is 9.80 Å². The smallest absolute Gasteiger partial charge is 0.254 e. The van der Waals surface area contributed by atoms with Crippen LogP contribution in [0.15, 0.2) is 24.3 Å². The van der Waals surface area contributed by atoms with Crippen molar-refractivity contribution < 1.29 is 19.1 Å². The Bertz CT molecular complexity index is 631. The summed E-state index contributed by atoms with van der Waals surface area (Å²) in [5, 5.41) is 0. The van der Waals surface area contributed by atoms with Crippen LogP contribution >= 0.6 is 0 Å². The third-order valence-corrected chi connectivity index (χ3v) is 4.49. The predicted molar refractivity (Wildman–Crippen MR) is 89.0 cm³/mol. The minimum absolute atomic E-state index is 0.0521. The minimum atomic E-state index is -0.290. The van der Waals surface area contributed by atoms with Crippen LogP contribution in [-0.4, -0.2) is 67.1 Å². The average molecular weight is 332 g/mol. The summed E-state index contributed by atoms with van der Waals surface area (Å²) < 4.78 is 11.3. The lowest BCUT2D eigenvalue weighted by Crippen LogP contribution is -2.45. The summed E-state index contributed by atoms with van der Waals surface area (Å²) in [7, 11) is 1.79. The van der Waals surface area contributed by atoms with Crippen LogP contribution in [0.1, 0.15) is 24.2 Å². The molecule has 2 bridgehead atoms. The first-order chi connectivity index (χ1) is 11.5. The van der Waals surface area contributed by atoms with Crippen molar-refractivity contribution in [3.05, 3.63) is 29.8 Å². The number of hydrogen-bond acceptors (Lipinski definition) is 4. The Labute approximate surface area is 142 Å². The van der Waals surface area contributed by atoms with E-state index >= 15 is 0 Å². The average Bonchev–Trinajstić information content (AvgIpc) is 2.72. The highest BCUT2D eigenvalue weighted by Crippen LogP contribution is 2.22. The maximum absolute atomic E-state index is 12.9. The summed E-state index contributed by atoms with van der Waals surface area (Å²) in [4.78, 5) is 28.8. The summed E-state index contributed by atoms with van der Waals surface area (Å²) in [6.07, 6.45) is 0.0521. The number of amides is 2. The number of benzene rings is 1. The van der Waals surface area contributed by atoms with E-state index in [-0.39, 0.29) is 29.9 Å². The molecule has 2 amide bonds. The number of fused-ring (bicyclic) bond motifs is 3. The highest BCUT2D eigenvalue weighted by molar-refractivity contribution is 5.95. The zero-order valence-corrected chi connectivity index (χ0v) is 14.4. The Balaban J connectivity index is 1.81. The Morgan fingerprint density at radius 2 is 2.08 bits per heavy atom. The maximum atomic E-state index is 12.9. The molecule has 0 radical (unpaired) electrons. The van der Waals surface area contributed by atoms with Gasteiger partial charge in [0.1, 0.15) is 5.75 Å². The first-order valence-corrected chi connectivity index (χ1v) is 8.36. The van der Waals surface area contributed by atoms with E-state index in [9.17, 15) is 9.59 Å². The van der Waals surface area contributed by atoms with Crippen LogP contribution in [0.5, 0.6) is 5.75 Å². The molecule has 2 heterocycles. The van der Waals surface area contributed by atoms with Crippen LogP contribution in [0.3, 0.4) is 0 Å². The van der Waals surface area contributed by atoms with Gasteiger partial charge in [-0.1, -0.05) is 6.07 Å². The molecule has 1 aromatic carbocycles. The van der Waals surface area contributed by atoms with Crippen molar-refractivity contribution in [3.63, 3.8) is 0 Å². The van der Waals surface area contributed by atoms with Gasteiger partial charge in [0.15, 0.2) is 0 Å². The monoisotopic (exact) mass is 332 g/mol. The van der Waals surface area contributed by atoms with Crippen LogP contribution in [0, 0.1) is 5.92 Å². The number of rotatable bonds is 3. The maximum Gasteiger partial charge on any atom is 0.254 e. The summed E-state index contributed by atoms with van der Waals surface area (Å²) in [5.74, 6) is 0.387. The summed E-state index contributed by atoms with van der Waals surface area (Å²) in [6, 6.07) is 7.14. The summed E-state index contributed by atoms with van der Waals surface area (Å²) >= 11 is 0. The third kappa shape index (κ3) is 3.38. The Morgan fingerprint density at radius 3 is 2.83 bits per heavy atom. The van der Waals surface area contributed by atoms with Gasteiger partial charge in [-0.2, -0.15) is 0 Å². The molecule has 2 aliphatic heterocycles. The van der Waals surface area contributed by atoms with E-state index in [1.54, 1.807) is 29.0 Å². The van der Waals surface area contributed by atoms with Crippen molar-refractivity contribution in [2.75, 3.05) is 33.4 Å². The SMILES string of the molecule is CC(C)Oc1cccc(C(=O)N2C[C@@H]3COC[C@H](C2)N(C)C3=O)c1. The fourth-order valence-corrected chi connectivity index (χ4v) is 3.22. The van der Waals surface area contributed by atoms with E-state index in [2.05, 4.69) is 0 Å². The van der Waals surface area contributed by atoms with Gasteiger partial charge in [0.2, 0.25) is 5.91 Å². The highest BCUT2D eigenvalue weighted by atomic mass is 16.5. The fourth-order valence-electron chi connectivity index (χ4n) is 3.22. The molecule has 2 aliphatic rings. The van der Waals surface area contributed by atoms with E-state index in [0.29, 0.717) is 37.6 Å². The molecule has 2 atom stereocenters. The van der Waals surface area contributed by atoms with E-state index in [4.69, 9.17) is 9.47 Å². The number of carbonyl (C=O) groups excluding carboxylic acids is 2. The second kappa shape index (κ2) is 6.81. The van der Waals surface area contributed by atoms with E-state index in [1.807, 2.05) is 26.0 Å². The van der Waals surface area contributed by atoms with Crippen LogP contribution in [0.2, 0.25) is 0 Å². The van der Waals surface area contributed by atoms with Crippen LogP contribution in [0.25, 0.3) is 0 Å².